The lowest BCUT2D eigenvalue weighted by atomic mass is 9.95. The zero-order valence-electron chi connectivity index (χ0n) is 13.6. The monoisotopic (exact) mass is 314 g/mol. The van der Waals surface area contributed by atoms with Crippen LogP contribution in [-0.2, 0) is 30.7 Å². The highest BCUT2D eigenvalue weighted by Crippen LogP contribution is 2.21. The van der Waals surface area contributed by atoms with Gasteiger partial charge in [0, 0.05) is 11.4 Å². The Morgan fingerprint density at radius 1 is 1.35 bits per heavy atom. The second-order valence-electron chi connectivity index (χ2n) is 6.09. The summed E-state index contributed by atoms with van der Waals surface area (Å²) in [5, 5.41) is 6.94. The third kappa shape index (κ3) is 3.72. The molecule has 0 aliphatic heterocycles. The van der Waals surface area contributed by atoms with Crippen LogP contribution in [0.25, 0.3) is 0 Å². The molecule has 1 aliphatic rings. The Labute approximate surface area is 135 Å². The van der Waals surface area contributed by atoms with Gasteiger partial charge in [-0.2, -0.15) is 5.10 Å². The van der Waals surface area contributed by atoms with Gasteiger partial charge in [0.15, 0.2) is 0 Å². The van der Waals surface area contributed by atoms with Crippen LogP contribution in [0, 0.1) is 12.8 Å². The molecule has 2 heterocycles. The Hall–Kier alpha value is -2.31. The minimum atomic E-state index is -0.185. The van der Waals surface area contributed by atoms with Crippen LogP contribution in [0.15, 0.2) is 12.7 Å². The highest BCUT2D eigenvalue weighted by Gasteiger charge is 2.17. The average Bonchev–Trinajstić information content (AvgIpc) is 3.05. The Morgan fingerprint density at radius 3 is 2.96 bits per heavy atom. The van der Waals surface area contributed by atoms with Crippen LogP contribution in [0.2, 0.25) is 0 Å². The molecule has 1 atom stereocenters. The van der Waals surface area contributed by atoms with E-state index in [1.54, 1.807) is 11.0 Å². The van der Waals surface area contributed by atoms with Gasteiger partial charge < -0.3 is 5.32 Å². The molecule has 1 amide bonds. The summed E-state index contributed by atoms with van der Waals surface area (Å²) in [6.07, 6.45) is 7.57. The van der Waals surface area contributed by atoms with E-state index < -0.39 is 0 Å². The van der Waals surface area contributed by atoms with Gasteiger partial charge in [0.05, 0.1) is 19.0 Å². The third-order valence-corrected chi connectivity index (χ3v) is 4.23. The molecular weight excluding hydrogens is 292 g/mol. The van der Waals surface area contributed by atoms with Crippen LogP contribution in [-0.4, -0.2) is 30.6 Å². The molecule has 1 unspecified atom stereocenters. The molecular formula is C16H22N6O. The smallest absolute Gasteiger partial charge is 0.225 e. The van der Waals surface area contributed by atoms with E-state index in [1.165, 1.54) is 24.7 Å². The van der Waals surface area contributed by atoms with Crippen molar-refractivity contribution in [1.29, 1.82) is 0 Å². The van der Waals surface area contributed by atoms with Crippen molar-refractivity contribution in [3.8, 4) is 0 Å². The van der Waals surface area contributed by atoms with E-state index in [4.69, 9.17) is 0 Å². The van der Waals surface area contributed by atoms with Crippen molar-refractivity contribution in [3.63, 3.8) is 0 Å². The van der Waals surface area contributed by atoms with Crippen molar-refractivity contribution in [2.45, 2.75) is 52.6 Å². The summed E-state index contributed by atoms with van der Waals surface area (Å²) in [6.45, 7) is 4.78. The van der Waals surface area contributed by atoms with Crippen molar-refractivity contribution in [2.24, 2.45) is 5.92 Å². The van der Waals surface area contributed by atoms with E-state index in [0.29, 0.717) is 18.9 Å². The number of aromatic nitrogens is 5. The quantitative estimate of drug-likeness (QED) is 0.896. The lowest BCUT2D eigenvalue weighted by molar-refractivity contribution is -0.125. The van der Waals surface area contributed by atoms with Crippen LogP contribution in [0.4, 0.5) is 0 Å². The van der Waals surface area contributed by atoms with Crippen LogP contribution >= 0.6 is 0 Å². The molecule has 0 bridgehead atoms. The minimum absolute atomic E-state index is 0.0283. The number of carbonyl (C=O) groups excluding carboxylic acids is 1. The van der Waals surface area contributed by atoms with Gasteiger partial charge in [0.1, 0.15) is 18.5 Å². The van der Waals surface area contributed by atoms with Gasteiger partial charge in [-0.05, 0) is 38.2 Å². The van der Waals surface area contributed by atoms with Crippen LogP contribution < -0.4 is 5.32 Å². The van der Waals surface area contributed by atoms with Gasteiger partial charge in [-0.1, -0.05) is 6.92 Å². The summed E-state index contributed by atoms with van der Waals surface area (Å²) in [5.41, 5.74) is 3.50. The molecule has 0 saturated carbocycles. The first-order chi connectivity index (χ1) is 11.1. The Kier molecular flexibility index (Phi) is 4.64. The molecule has 0 radical (unpaired) electrons. The zero-order valence-corrected chi connectivity index (χ0v) is 13.6. The first-order valence-electron chi connectivity index (χ1n) is 8.09. The summed E-state index contributed by atoms with van der Waals surface area (Å²) in [6, 6.07) is 0. The maximum atomic E-state index is 12.2. The minimum Gasteiger partial charge on any atom is -0.349 e. The molecule has 0 spiro atoms. The van der Waals surface area contributed by atoms with Gasteiger partial charge >= 0.3 is 0 Å². The Morgan fingerprint density at radius 2 is 2.17 bits per heavy atom. The van der Waals surface area contributed by atoms with E-state index in [2.05, 4.69) is 25.4 Å². The molecule has 3 rings (SSSR count). The third-order valence-electron chi connectivity index (χ3n) is 4.23. The summed E-state index contributed by atoms with van der Waals surface area (Å²) >= 11 is 0. The molecule has 23 heavy (non-hydrogen) atoms. The fourth-order valence-electron chi connectivity index (χ4n) is 2.95. The maximum Gasteiger partial charge on any atom is 0.225 e. The lowest BCUT2D eigenvalue weighted by Gasteiger charge is -2.18. The number of carbonyl (C=O) groups is 1. The van der Waals surface area contributed by atoms with Crippen LogP contribution in [0.5, 0.6) is 0 Å². The zero-order chi connectivity index (χ0) is 16.2. The molecule has 7 nitrogen and oxygen atoms in total. The molecule has 7 heteroatoms. The highest BCUT2D eigenvalue weighted by atomic mass is 16.1. The predicted octanol–water partition coefficient (Wildman–Crippen LogP) is 1.21. The van der Waals surface area contributed by atoms with Crippen molar-refractivity contribution >= 4 is 5.91 Å². The normalized spacial score (nSPS) is 15.0. The van der Waals surface area contributed by atoms with Crippen molar-refractivity contribution in [3.05, 3.63) is 35.4 Å². The number of aryl methyl sites for hydroxylation is 2. The topological polar surface area (TPSA) is 85.6 Å². The van der Waals surface area contributed by atoms with E-state index in [0.717, 1.165) is 24.2 Å². The van der Waals surface area contributed by atoms with Crippen molar-refractivity contribution < 1.29 is 4.79 Å². The molecule has 2 aromatic heterocycles. The van der Waals surface area contributed by atoms with Gasteiger partial charge in [-0.25, -0.2) is 15.0 Å². The van der Waals surface area contributed by atoms with Gasteiger partial charge in [-0.15, -0.1) is 0 Å². The number of hydrogen-bond acceptors (Lipinski definition) is 5. The average molecular weight is 314 g/mol. The predicted molar refractivity (Wildman–Crippen MR) is 84.4 cm³/mol. The second kappa shape index (κ2) is 6.85. The summed E-state index contributed by atoms with van der Waals surface area (Å²) in [4.78, 5) is 25.2. The van der Waals surface area contributed by atoms with Gasteiger partial charge in [-0.3, -0.25) is 9.48 Å². The Bertz CT molecular complexity index is 682. The van der Waals surface area contributed by atoms with Crippen LogP contribution in [0.3, 0.4) is 0 Å². The summed E-state index contributed by atoms with van der Waals surface area (Å²) in [5.74, 6) is 0.486. The molecule has 0 saturated heterocycles. The van der Waals surface area contributed by atoms with E-state index >= 15 is 0 Å². The van der Waals surface area contributed by atoms with Crippen molar-refractivity contribution in [2.75, 3.05) is 0 Å². The van der Waals surface area contributed by atoms with Crippen molar-refractivity contribution in [1.82, 2.24) is 30.0 Å². The fraction of sp³-hybridized carbons (Fsp3) is 0.562. The number of rotatable bonds is 5. The summed E-state index contributed by atoms with van der Waals surface area (Å²) < 4.78 is 1.66. The number of nitrogens with zero attached hydrogens (tertiary/aromatic N) is 5. The number of amides is 1. The lowest BCUT2D eigenvalue weighted by Crippen LogP contribution is -2.32. The van der Waals surface area contributed by atoms with E-state index in [-0.39, 0.29) is 11.8 Å². The van der Waals surface area contributed by atoms with Crippen LogP contribution in [0.1, 0.15) is 42.5 Å². The highest BCUT2D eigenvalue weighted by molar-refractivity contribution is 5.78. The molecule has 0 aromatic carbocycles. The second-order valence-corrected chi connectivity index (χ2v) is 6.09. The maximum absolute atomic E-state index is 12.2. The molecule has 1 aliphatic carbocycles. The molecule has 2 aromatic rings. The SMILES string of the molecule is Cc1nc(CNC(=O)C(C)Cn2cncn2)nc2c1CCCC2. The van der Waals surface area contributed by atoms with Gasteiger partial charge in [0.2, 0.25) is 5.91 Å². The molecule has 1 N–H and O–H groups in total. The fourth-order valence-corrected chi connectivity index (χ4v) is 2.95. The largest absolute Gasteiger partial charge is 0.349 e. The van der Waals surface area contributed by atoms with Gasteiger partial charge in [0.25, 0.3) is 0 Å². The number of hydrogen-bond donors (Lipinski definition) is 1. The number of fused-ring (bicyclic) bond motifs is 1. The first-order valence-corrected chi connectivity index (χ1v) is 8.09. The molecule has 0 fully saturated rings. The standard InChI is InChI=1S/C16H22N6O/c1-11(8-22-10-17-9-19-22)16(23)18-7-15-20-12(2)13-5-3-4-6-14(13)21-15/h9-11H,3-8H2,1-2H3,(H,18,23). The Balaban J connectivity index is 1.59. The summed E-state index contributed by atoms with van der Waals surface area (Å²) in [7, 11) is 0. The first kappa shape index (κ1) is 15.6. The number of nitrogens with one attached hydrogen (secondary N) is 1. The van der Waals surface area contributed by atoms with E-state index in [1.807, 2.05) is 13.8 Å². The molecule has 122 valence electrons. The van der Waals surface area contributed by atoms with E-state index in [9.17, 15) is 4.79 Å².